The van der Waals surface area contributed by atoms with Gasteiger partial charge in [0.25, 0.3) is 0 Å². The molecule has 0 atom stereocenters. The SMILES string of the molecule is CC(=O)/C(=C\N(C)C)c1ccnc(OCCCO[Si](C)(C)C(C)(C)C)c1. The summed E-state index contributed by atoms with van der Waals surface area (Å²) >= 11 is 0. The Hall–Kier alpha value is -1.66. The highest BCUT2D eigenvalue weighted by molar-refractivity contribution is 6.74. The van der Waals surface area contributed by atoms with Crippen LogP contribution < -0.4 is 4.74 Å². The summed E-state index contributed by atoms with van der Waals surface area (Å²) in [5, 5.41) is 0.214. The first-order chi connectivity index (χ1) is 11.9. The smallest absolute Gasteiger partial charge is 0.213 e. The Kier molecular flexibility index (Phi) is 8.03. The van der Waals surface area contributed by atoms with E-state index >= 15 is 0 Å². The zero-order valence-electron chi connectivity index (χ0n) is 17.5. The molecule has 5 nitrogen and oxygen atoms in total. The van der Waals surface area contributed by atoms with Crippen LogP contribution in [0, 0.1) is 0 Å². The molecule has 1 heterocycles. The summed E-state index contributed by atoms with van der Waals surface area (Å²) in [7, 11) is 2.08. The van der Waals surface area contributed by atoms with Gasteiger partial charge in [-0.2, -0.15) is 0 Å². The Morgan fingerprint density at radius 1 is 1.27 bits per heavy atom. The van der Waals surface area contributed by atoms with Gasteiger partial charge in [-0.1, -0.05) is 20.8 Å². The molecule has 0 amide bonds. The lowest BCUT2D eigenvalue weighted by Gasteiger charge is -2.36. The van der Waals surface area contributed by atoms with Gasteiger partial charge in [0.1, 0.15) is 0 Å². The minimum absolute atomic E-state index is 0.0126. The van der Waals surface area contributed by atoms with Gasteiger partial charge in [0.2, 0.25) is 5.88 Å². The second kappa shape index (κ2) is 9.32. The van der Waals surface area contributed by atoms with Crippen LogP contribution in [0.4, 0.5) is 0 Å². The summed E-state index contributed by atoms with van der Waals surface area (Å²) in [6.07, 6.45) is 4.29. The van der Waals surface area contributed by atoms with Gasteiger partial charge in [0, 0.05) is 51.2 Å². The van der Waals surface area contributed by atoms with Gasteiger partial charge in [0.05, 0.1) is 6.61 Å². The molecule has 0 aliphatic carbocycles. The third-order valence-corrected chi connectivity index (χ3v) is 9.16. The molecule has 0 radical (unpaired) electrons. The number of aromatic nitrogens is 1. The lowest BCUT2D eigenvalue weighted by molar-refractivity contribution is -0.111. The van der Waals surface area contributed by atoms with E-state index in [2.05, 4.69) is 38.8 Å². The summed E-state index contributed by atoms with van der Waals surface area (Å²) in [6, 6.07) is 3.63. The lowest BCUT2D eigenvalue weighted by atomic mass is 10.1. The van der Waals surface area contributed by atoms with Crippen LogP contribution in [0.3, 0.4) is 0 Å². The second-order valence-corrected chi connectivity index (χ2v) is 13.1. The first-order valence-corrected chi connectivity index (χ1v) is 12.0. The van der Waals surface area contributed by atoms with Gasteiger partial charge in [-0.25, -0.2) is 4.98 Å². The molecule has 0 saturated carbocycles. The molecule has 1 aromatic heterocycles. The molecule has 0 unspecified atom stereocenters. The molecule has 1 aromatic rings. The molecule has 6 heteroatoms. The number of allylic oxidation sites excluding steroid dienone is 1. The number of Topliss-reactive ketones (excluding diaryl/α,β-unsaturated/α-hetero) is 1. The number of rotatable bonds is 9. The van der Waals surface area contributed by atoms with Crippen molar-refractivity contribution in [1.82, 2.24) is 9.88 Å². The Morgan fingerprint density at radius 3 is 2.46 bits per heavy atom. The molecule has 0 fully saturated rings. The summed E-state index contributed by atoms with van der Waals surface area (Å²) in [6.45, 7) is 14.0. The maximum absolute atomic E-state index is 11.9. The van der Waals surface area contributed by atoms with Crippen molar-refractivity contribution >= 4 is 19.7 Å². The van der Waals surface area contributed by atoms with Crippen LogP contribution in [0.1, 0.15) is 39.7 Å². The van der Waals surface area contributed by atoms with Gasteiger partial charge in [0.15, 0.2) is 14.1 Å². The van der Waals surface area contributed by atoms with Crippen molar-refractivity contribution < 1.29 is 14.0 Å². The summed E-state index contributed by atoms with van der Waals surface area (Å²) in [5.74, 6) is 0.541. The molecule has 0 N–H and O–H groups in total. The monoisotopic (exact) mass is 378 g/mol. The highest BCUT2D eigenvalue weighted by atomic mass is 28.4. The second-order valence-electron chi connectivity index (χ2n) is 8.26. The predicted octanol–water partition coefficient (Wildman–Crippen LogP) is 4.36. The van der Waals surface area contributed by atoms with Gasteiger partial charge in [-0.05, 0) is 36.7 Å². The van der Waals surface area contributed by atoms with Gasteiger partial charge in [-0.3, -0.25) is 4.79 Å². The van der Waals surface area contributed by atoms with Crippen molar-refractivity contribution in [2.24, 2.45) is 0 Å². The normalized spacial score (nSPS) is 12.8. The number of carbonyl (C=O) groups is 1. The first kappa shape index (κ1) is 22.4. The van der Waals surface area contributed by atoms with E-state index in [1.807, 2.05) is 37.3 Å². The highest BCUT2D eigenvalue weighted by Crippen LogP contribution is 2.36. The molecule has 0 aliphatic rings. The van der Waals surface area contributed by atoms with E-state index in [0.717, 1.165) is 12.0 Å². The Morgan fingerprint density at radius 2 is 1.92 bits per heavy atom. The van der Waals surface area contributed by atoms with Crippen molar-refractivity contribution in [3.8, 4) is 5.88 Å². The first-order valence-electron chi connectivity index (χ1n) is 9.06. The van der Waals surface area contributed by atoms with E-state index in [9.17, 15) is 4.79 Å². The van der Waals surface area contributed by atoms with Gasteiger partial charge < -0.3 is 14.1 Å². The van der Waals surface area contributed by atoms with Crippen molar-refractivity contribution in [3.63, 3.8) is 0 Å². The lowest BCUT2D eigenvalue weighted by Crippen LogP contribution is -2.41. The standard InChI is InChI=1S/C20H34N2O3Si/c1-16(23)18(15-22(5)6)17-10-11-21-19(14-17)24-12-9-13-25-26(7,8)20(2,3)4/h10-11,14-15H,9,12-13H2,1-8H3/b18-15+. The quantitative estimate of drug-likeness (QED) is 0.363. The fourth-order valence-electron chi connectivity index (χ4n) is 2.06. The largest absolute Gasteiger partial charge is 0.478 e. The summed E-state index contributed by atoms with van der Waals surface area (Å²) in [4.78, 5) is 18.0. The minimum atomic E-state index is -1.71. The molecule has 26 heavy (non-hydrogen) atoms. The van der Waals surface area contributed by atoms with Crippen LogP contribution in [0.2, 0.25) is 18.1 Å². The average Bonchev–Trinajstić information content (AvgIpc) is 2.51. The Labute approximate surface area is 159 Å². The molecule has 0 aromatic carbocycles. The number of nitrogens with zero attached hydrogens (tertiary/aromatic N) is 2. The predicted molar refractivity (Wildman–Crippen MR) is 110 cm³/mol. The topological polar surface area (TPSA) is 51.7 Å². The fourth-order valence-corrected chi connectivity index (χ4v) is 3.15. The van der Waals surface area contributed by atoms with Gasteiger partial charge >= 0.3 is 0 Å². The number of carbonyl (C=O) groups excluding carboxylic acids is 1. The molecular weight excluding hydrogens is 344 g/mol. The molecule has 146 valence electrons. The average molecular weight is 379 g/mol. The molecular formula is C20H34N2O3Si. The Balaban J connectivity index is 2.61. The van der Waals surface area contributed by atoms with E-state index in [-0.39, 0.29) is 10.8 Å². The maximum Gasteiger partial charge on any atom is 0.213 e. The zero-order valence-corrected chi connectivity index (χ0v) is 18.5. The third kappa shape index (κ3) is 6.92. The van der Waals surface area contributed by atoms with Crippen LogP contribution in [-0.4, -0.2) is 51.3 Å². The zero-order chi connectivity index (χ0) is 20.0. The fraction of sp³-hybridized carbons (Fsp3) is 0.600. The minimum Gasteiger partial charge on any atom is -0.478 e. The summed E-state index contributed by atoms with van der Waals surface area (Å²) in [5.41, 5.74) is 1.46. The van der Waals surface area contributed by atoms with Crippen molar-refractivity contribution in [2.75, 3.05) is 27.3 Å². The number of hydrogen-bond donors (Lipinski definition) is 0. The third-order valence-electron chi connectivity index (χ3n) is 4.62. The van der Waals surface area contributed by atoms with Crippen LogP contribution in [0.15, 0.2) is 24.5 Å². The van der Waals surface area contributed by atoms with Crippen LogP contribution in [0.5, 0.6) is 5.88 Å². The molecule has 1 rings (SSSR count). The van der Waals surface area contributed by atoms with Crippen LogP contribution in [0.25, 0.3) is 5.57 Å². The number of ether oxygens (including phenoxy) is 1. The van der Waals surface area contributed by atoms with E-state index < -0.39 is 8.32 Å². The number of ketones is 1. The molecule has 0 saturated heterocycles. The van der Waals surface area contributed by atoms with Crippen LogP contribution in [-0.2, 0) is 9.22 Å². The van der Waals surface area contributed by atoms with E-state index in [1.165, 1.54) is 0 Å². The maximum atomic E-state index is 11.9. The summed E-state index contributed by atoms with van der Waals surface area (Å²) < 4.78 is 11.9. The van der Waals surface area contributed by atoms with E-state index in [4.69, 9.17) is 9.16 Å². The van der Waals surface area contributed by atoms with Crippen LogP contribution >= 0.6 is 0 Å². The van der Waals surface area contributed by atoms with Crippen molar-refractivity contribution in [1.29, 1.82) is 0 Å². The van der Waals surface area contributed by atoms with Gasteiger partial charge in [-0.15, -0.1) is 0 Å². The van der Waals surface area contributed by atoms with Crippen molar-refractivity contribution in [2.45, 2.75) is 52.2 Å². The molecule has 0 spiro atoms. The molecule has 0 bridgehead atoms. The highest BCUT2D eigenvalue weighted by Gasteiger charge is 2.36. The number of hydrogen-bond acceptors (Lipinski definition) is 5. The van der Waals surface area contributed by atoms with E-state index in [0.29, 0.717) is 24.7 Å². The Bertz CT molecular complexity index is 634. The molecule has 0 aliphatic heterocycles. The van der Waals surface area contributed by atoms with Crippen molar-refractivity contribution in [3.05, 3.63) is 30.1 Å². The number of pyridine rings is 1. The van der Waals surface area contributed by atoms with E-state index in [1.54, 1.807) is 13.1 Å².